The van der Waals surface area contributed by atoms with E-state index in [2.05, 4.69) is 71.9 Å². The SMILES string of the molecule is CN1CN(c2cnc(C(C)(C)C)nc2)c2ccccc21. The molecule has 3 rings (SSSR count). The van der Waals surface area contributed by atoms with Gasteiger partial charge in [0.25, 0.3) is 0 Å². The summed E-state index contributed by atoms with van der Waals surface area (Å²) in [5.74, 6) is 0.877. The number of benzene rings is 1. The smallest absolute Gasteiger partial charge is 0.133 e. The molecule has 0 spiro atoms. The van der Waals surface area contributed by atoms with Gasteiger partial charge in [0.15, 0.2) is 0 Å². The molecule has 4 heteroatoms. The van der Waals surface area contributed by atoms with Crippen LogP contribution in [0, 0.1) is 0 Å². The molecule has 0 unspecified atom stereocenters. The number of para-hydroxylation sites is 2. The molecule has 1 aliphatic heterocycles. The maximum atomic E-state index is 4.52. The predicted octanol–water partition coefficient (Wildman–Crippen LogP) is 3.32. The number of nitrogens with zero attached hydrogens (tertiary/aromatic N) is 4. The maximum absolute atomic E-state index is 4.52. The molecule has 2 aromatic rings. The summed E-state index contributed by atoms with van der Waals surface area (Å²) in [7, 11) is 2.10. The first kappa shape index (κ1) is 12.9. The second kappa shape index (κ2) is 4.47. The number of fused-ring (bicyclic) bond motifs is 1. The van der Waals surface area contributed by atoms with Gasteiger partial charge in [0.1, 0.15) is 5.82 Å². The number of aromatic nitrogens is 2. The van der Waals surface area contributed by atoms with Gasteiger partial charge in [0.05, 0.1) is 36.1 Å². The van der Waals surface area contributed by atoms with Gasteiger partial charge in [-0.05, 0) is 12.1 Å². The van der Waals surface area contributed by atoms with Crippen molar-refractivity contribution in [2.75, 3.05) is 23.5 Å². The van der Waals surface area contributed by atoms with Crippen LogP contribution >= 0.6 is 0 Å². The Hall–Kier alpha value is -2.10. The molecule has 0 radical (unpaired) electrons. The molecule has 0 amide bonds. The van der Waals surface area contributed by atoms with Crippen molar-refractivity contribution in [1.82, 2.24) is 9.97 Å². The van der Waals surface area contributed by atoms with E-state index < -0.39 is 0 Å². The molecule has 2 heterocycles. The zero-order chi connectivity index (χ0) is 14.3. The van der Waals surface area contributed by atoms with E-state index in [0.29, 0.717) is 0 Å². The Morgan fingerprint density at radius 1 is 1.00 bits per heavy atom. The van der Waals surface area contributed by atoms with Crippen molar-refractivity contribution in [2.45, 2.75) is 26.2 Å². The molecule has 0 saturated carbocycles. The molecule has 0 N–H and O–H groups in total. The van der Waals surface area contributed by atoms with Gasteiger partial charge < -0.3 is 9.80 Å². The highest BCUT2D eigenvalue weighted by atomic mass is 15.4. The van der Waals surface area contributed by atoms with Gasteiger partial charge in [0.2, 0.25) is 0 Å². The lowest BCUT2D eigenvalue weighted by Gasteiger charge is -2.21. The highest BCUT2D eigenvalue weighted by Gasteiger charge is 2.25. The van der Waals surface area contributed by atoms with E-state index in [-0.39, 0.29) is 5.41 Å². The summed E-state index contributed by atoms with van der Waals surface area (Å²) in [5.41, 5.74) is 3.47. The Labute approximate surface area is 120 Å². The average molecular weight is 268 g/mol. The summed E-state index contributed by atoms with van der Waals surface area (Å²) in [6.07, 6.45) is 3.84. The highest BCUT2D eigenvalue weighted by Crippen LogP contribution is 2.39. The third-order valence-electron chi connectivity index (χ3n) is 3.56. The molecule has 0 fully saturated rings. The van der Waals surface area contributed by atoms with Crippen molar-refractivity contribution in [3.05, 3.63) is 42.5 Å². The fourth-order valence-electron chi connectivity index (χ4n) is 2.45. The van der Waals surface area contributed by atoms with Crippen molar-refractivity contribution in [3.8, 4) is 0 Å². The van der Waals surface area contributed by atoms with Gasteiger partial charge in [-0.2, -0.15) is 0 Å². The largest absolute Gasteiger partial charge is 0.355 e. The number of hydrogen-bond donors (Lipinski definition) is 0. The van der Waals surface area contributed by atoms with Gasteiger partial charge in [-0.15, -0.1) is 0 Å². The van der Waals surface area contributed by atoms with Crippen LogP contribution in [-0.4, -0.2) is 23.7 Å². The van der Waals surface area contributed by atoms with Crippen LogP contribution in [0.2, 0.25) is 0 Å². The van der Waals surface area contributed by atoms with Crippen LogP contribution in [0.1, 0.15) is 26.6 Å². The van der Waals surface area contributed by atoms with Crippen molar-refractivity contribution in [1.29, 1.82) is 0 Å². The summed E-state index contributed by atoms with van der Waals surface area (Å²) < 4.78 is 0. The van der Waals surface area contributed by atoms with Crippen LogP contribution in [-0.2, 0) is 5.41 Å². The lowest BCUT2D eigenvalue weighted by Crippen LogP contribution is -2.24. The van der Waals surface area contributed by atoms with E-state index in [1.54, 1.807) is 0 Å². The normalized spacial score (nSPS) is 14.6. The molecule has 0 bridgehead atoms. The molecule has 1 aromatic carbocycles. The number of rotatable bonds is 1. The first-order valence-electron chi connectivity index (χ1n) is 6.87. The number of anilines is 3. The van der Waals surface area contributed by atoms with Crippen LogP contribution in [0.15, 0.2) is 36.7 Å². The second-order valence-corrected chi connectivity index (χ2v) is 6.27. The van der Waals surface area contributed by atoms with Crippen LogP contribution in [0.25, 0.3) is 0 Å². The Morgan fingerprint density at radius 2 is 1.60 bits per heavy atom. The molecule has 0 saturated heterocycles. The van der Waals surface area contributed by atoms with Gasteiger partial charge in [-0.3, -0.25) is 0 Å². The van der Waals surface area contributed by atoms with Gasteiger partial charge in [-0.25, -0.2) is 9.97 Å². The quantitative estimate of drug-likeness (QED) is 0.794. The van der Waals surface area contributed by atoms with E-state index in [1.807, 2.05) is 12.4 Å². The molecule has 4 nitrogen and oxygen atoms in total. The maximum Gasteiger partial charge on any atom is 0.133 e. The van der Waals surface area contributed by atoms with E-state index >= 15 is 0 Å². The molecule has 1 aliphatic rings. The first-order valence-corrected chi connectivity index (χ1v) is 6.87. The summed E-state index contributed by atoms with van der Waals surface area (Å²) >= 11 is 0. The topological polar surface area (TPSA) is 32.3 Å². The third kappa shape index (κ3) is 2.11. The summed E-state index contributed by atoms with van der Waals surface area (Å²) in [6.45, 7) is 7.21. The fourth-order valence-corrected chi connectivity index (χ4v) is 2.45. The zero-order valence-corrected chi connectivity index (χ0v) is 12.5. The Bertz CT molecular complexity index is 613. The van der Waals surface area contributed by atoms with Gasteiger partial charge in [-0.1, -0.05) is 32.9 Å². The Kier molecular flexibility index (Phi) is 2.89. The average Bonchev–Trinajstić information content (AvgIpc) is 2.76. The monoisotopic (exact) mass is 268 g/mol. The van der Waals surface area contributed by atoms with E-state index in [0.717, 1.165) is 18.2 Å². The minimum Gasteiger partial charge on any atom is -0.355 e. The van der Waals surface area contributed by atoms with E-state index in [1.165, 1.54) is 11.4 Å². The Morgan fingerprint density at radius 3 is 2.20 bits per heavy atom. The number of hydrogen-bond acceptors (Lipinski definition) is 4. The van der Waals surface area contributed by atoms with Gasteiger partial charge in [0, 0.05) is 12.5 Å². The molecular formula is C16H20N4. The van der Waals surface area contributed by atoms with Crippen LogP contribution in [0.3, 0.4) is 0 Å². The zero-order valence-electron chi connectivity index (χ0n) is 12.5. The molecular weight excluding hydrogens is 248 g/mol. The lowest BCUT2D eigenvalue weighted by atomic mass is 9.96. The highest BCUT2D eigenvalue weighted by molar-refractivity contribution is 5.81. The van der Waals surface area contributed by atoms with Crippen molar-refractivity contribution in [2.24, 2.45) is 0 Å². The molecule has 104 valence electrons. The van der Waals surface area contributed by atoms with E-state index in [9.17, 15) is 0 Å². The second-order valence-electron chi connectivity index (χ2n) is 6.27. The molecule has 20 heavy (non-hydrogen) atoms. The van der Waals surface area contributed by atoms with E-state index in [4.69, 9.17) is 0 Å². The van der Waals surface area contributed by atoms with Crippen molar-refractivity contribution >= 4 is 17.1 Å². The van der Waals surface area contributed by atoms with Gasteiger partial charge >= 0.3 is 0 Å². The van der Waals surface area contributed by atoms with Crippen LogP contribution in [0.5, 0.6) is 0 Å². The molecule has 1 aromatic heterocycles. The first-order chi connectivity index (χ1) is 9.47. The third-order valence-corrected chi connectivity index (χ3v) is 3.56. The summed E-state index contributed by atoms with van der Waals surface area (Å²) in [5, 5.41) is 0. The van der Waals surface area contributed by atoms with Crippen molar-refractivity contribution < 1.29 is 0 Å². The summed E-state index contributed by atoms with van der Waals surface area (Å²) in [4.78, 5) is 13.5. The molecule has 0 aliphatic carbocycles. The Balaban J connectivity index is 1.95. The van der Waals surface area contributed by atoms with Crippen molar-refractivity contribution in [3.63, 3.8) is 0 Å². The predicted molar refractivity (Wildman–Crippen MR) is 82.6 cm³/mol. The van der Waals surface area contributed by atoms with Crippen LogP contribution in [0.4, 0.5) is 17.1 Å². The minimum absolute atomic E-state index is 0.0156. The minimum atomic E-state index is -0.0156. The fraction of sp³-hybridized carbons (Fsp3) is 0.375. The lowest BCUT2D eigenvalue weighted by molar-refractivity contribution is 0.545. The van der Waals surface area contributed by atoms with Crippen LogP contribution < -0.4 is 9.80 Å². The summed E-state index contributed by atoms with van der Waals surface area (Å²) in [6, 6.07) is 8.41. The molecule has 0 atom stereocenters. The standard InChI is InChI=1S/C16H20N4/c1-16(2,3)15-17-9-12(10-18-15)20-11-19(4)13-7-5-6-8-14(13)20/h5-10H,11H2,1-4H3.